The predicted molar refractivity (Wildman–Crippen MR) is 78.0 cm³/mol. The molecule has 5 nitrogen and oxygen atoms in total. The Morgan fingerprint density at radius 3 is 2.86 bits per heavy atom. The summed E-state index contributed by atoms with van der Waals surface area (Å²) in [4.78, 5) is 24.0. The lowest BCUT2D eigenvalue weighted by atomic mass is 10.0. The Morgan fingerprint density at radius 2 is 2.24 bits per heavy atom. The normalized spacial score (nSPS) is 19.0. The van der Waals surface area contributed by atoms with Gasteiger partial charge in [0.25, 0.3) is 0 Å². The van der Waals surface area contributed by atoms with Crippen molar-refractivity contribution in [3.63, 3.8) is 0 Å². The van der Waals surface area contributed by atoms with Gasteiger partial charge in [-0.1, -0.05) is 29.8 Å². The van der Waals surface area contributed by atoms with Crippen LogP contribution in [-0.4, -0.2) is 38.2 Å². The van der Waals surface area contributed by atoms with E-state index in [0.717, 1.165) is 5.56 Å². The van der Waals surface area contributed by atoms with Crippen molar-refractivity contribution >= 4 is 23.5 Å². The van der Waals surface area contributed by atoms with Crippen LogP contribution in [0.25, 0.3) is 0 Å². The highest BCUT2D eigenvalue weighted by Crippen LogP contribution is 2.18. The molecular formula is C15H18ClNO4. The number of benzene rings is 1. The molecule has 2 atom stereocenters. The van der Waals surface area contributed by atoms with Gasteiger partial charge in [0.2, 0.25) is 5.91 Å². The summed E-state index contributed by atoms with van der Waals surface area (Å²) < 4.78 is 9.95. The fraction of sp³-hybridized carbons (Fsp3) is 0.467. The van der Waals surface area contributed by atoms with E-state index in [2.05, 4.69) is 5.32 Å². The number of esters is 1. The van der Waals surface area contributed by atoms with Gasteiger partial charge in [0.15, 0.2) is 0 Å². The van der Waals surface area contributed by atoms with Crippen LogP contribution in [0.15, 0.2) is 24.3 Å². The Bertz CT molecular complexity index is 514. The fourth-order valence-electron chi connectivity index (χ4n) is 2.25. The minimum atomic E-state index is -0.747. The van der Waals surface area contributed by atoms with Crippen LogP contribution in [-0.2, 0) is 25.5 Å². The first-order valence-electron chi connectivity index (χ1n) is 6.81. The SMILES string of the molecule is COC(=O)[C@H](Cc1ccccc1Cl)NC(=O)[C@@H]1CCOC1. The number of amides is 1. The average Bonchev–Trinajstić information content (AvgIpc) is 3.02. The highest BCUT2D eigenvalue weighted by Gasteiger charge is 2.29. The number of methoxy groups -OCH3 is 1. The Labute approximate surface area is 128 Å². The van der Waals surface area contributed by atoms with Gasteiger partial charge in [-0.15, -0.1) is 0 Å². The van der Waals surface area contributed by atoms with Crippen molar-refractivity contribution in [2.75, 3.05) is 20.3 Å². The van der Waals surface area contributed by atoms with Gasteiger partial charge >= 0.3 is 5.97 Å². The molecule has 0 saturated carbocycles. The number of hydrogen-bond donors (Lipinski definition) is 1. The quantitative estimate of drug-likeness (QED) is 0.839. The summed E-state index contributed by atoms with van der Waals surface area (Å²) in [5, 5.41) is 3.29. The summed E-state index contributed by atoms with van der Waals surface area (Å²) in [5.41, 5.74) is 0.789. The maximum absolute atomic E-state index is 12.1. The second-order valence-corrected chi connectivity index (χ2v) is 5.35. The number of nitrogens with one attached hydrogen (secondary N) is 1. The molecule has 21 heavy (non-hydrogen) atoms. The second kappa shape index (κ2) is 7.43. The molecule has 0 bridgehead atoms. The standard InChI is InChI=1S/C15H18ClNO4/c1-20-15(19)13(8-10-4-2-3-5-12(10)16)17-14(18)11-6-7-21-9-11/h2-5,11,13H,6-9H2,1H3,(H,17,18)/t11-,13+/m1/s1. The van der Waals surface area contributed by atoms with E-state index in [4.69, 9.17) is 21.1 Å². The van der Waals surface area contributed by atoms with Crippen molar-refractivity contribution in [1.82, 2.24) is 5.32 Å². The molecule has 114 valence electrons. The monoisotopic (exact) mass is 311 g/mol. The molecule has 0 radical (unpaired) electrons. The third-order valence-corrected chi connectivity index (χ3v) is 3.85. The molecule has 1 aliphatic heterocycles. The molecule has 6 heteroatoms. The van der Waals surface area contributed by atoms with Gasteiger partial charge < -0.3 is 14.8 Å². The predicted octanol–water partition coefficient (Wildman–Crippen LogP) is 1.58. The van der Waals surface area contributed by atoms with Crippen molar-refractivity contribution in [1.29, 1.82) is 0 Å². The molecule has 1 saturated heterocycles. The zero-order chi connectivity index (χ0) is 15.2. The lowest BCUT2D eigenvalue weighted by molar-refractivity contribution is -0.145. The summed E-state index contributed by atoms with van der Waals surface area (Å²) in [6, 6.07) is 6.47. The fourth-order valence-corrected chi connectivity index (χ4v) is 2.46. The number of halogens is 1. The van der Waals surface area contributed by atoms with Crippen molar-refractivity contribution in [2.45, 2.75) is 18.9 Å². The molecule has 1 N–H and O–H groups in total. The van der Waals surface area contributed by atoms with Crippen LogP contribution < -0.4 is 5.32 Å². The first-order valence-corrected chi connectivity index (χ1v) is 7.19. The molecule has 1 fully saturated rings. The number of hydrogen-bond acceptors (Lipinski definition) is 4. The molecule has 1 aliphatic rings. The van der Waals surface area contributed by atoms with E-state index in [9.17, 15) is 9.59 Å². The third-order valence-electron chi connectivity index (χ3n) is 3.48. The van der Waals surface area contributed by atoms with Gasteiger partial charge in [-0.3, -0.25) is 4.79 Å². The highest BCUT2D eigenvalue weighted by molar-refractivity contribution is 6.31. The van der Waals surface area contributed by atoms with Gasteiger partial charge in [-0.2, -0.15) is 0 Å². The van der Waals surface area contributed by atoms with E-state index < -0.39 is 12.0 Å². The van der Waals surface area contributed by atoms with Crippen LogP contribution in [0.5, 0.6) is 0 Å². The molecule has 0 spiro atoms. The second-order valence-electron chi connectivity index (χ2n) is 4.94. The van der Waals surface area contributed by atoms with Crippen molar-refractivity contribution < 1.29 is 19.1 Å². The molecule has 1 aromatic rings. The van der Waals surface area contributed by atoms with Gasteiger partial charge in [0, 0.05) is 18.1 Å². The number of carbonyl (C=O) groups excluding carboxylic acids is 2. The molecule has 2 rings (SSSR count). The number of rotatable bonds is 5. The number of carbonyl (C=O) groups is 2. The lowest BCUT2D eigenvalue weighted by Gasteiger charge is -2.19. The molecule has 1 aromatic carbocycles. The van der Waals surface area contributed by atoms with Gasteiger partial charge in [-0.25, -0.2) is 4.79 Å². The first kappa shape index (κ1) is 15.8. The lowest BCUT2D eigenvalue weighted by Crippen LogP contribution is -2.45. The Hall–Kier alpha value is -1.59. The maximum atomic E-state index is 12.1. The zero-order valence-electron chi connectivity index (χ0n) is 11.8. The van der Waals surface area contributed by atoms with E-state index in [1.807, 2.05) is 18.2 Å². The van der Waals surface area contributed by atoms with Crippen LogP contribution in [0.2, 0.25) is 5.02 Å². The minimum Gasteiger partial charge on any atom is -0.467 e. The Balaban J connectivity index is 2.06. The molecule has 1 heterocycles. The van der Waals surface area contributed by atoms with Crippen LogP contribution in [0.4, 0.5) is 0 Å². The topological polar surface area (TPSA) is 64.6 Å². The van der Waals surface area contributed by atoms with Crippen molar-refractivity contribution in [2.24, 2.45) is 5.92 Å². The first-order chi connectivity index (χ1) is 10.1. The van der Waals surface area contributed by atoms with Crippen LogP contribution in [0.3, 0.4) is 0 Å². The third kappa shape index (κ3) is 4.19. The molecular weight excluding hydrogens is 294 g/mol. The van der Waals surface area contributed by atoms with E-state index in [-0.39, 0.29) is 11.8 Å². The Kier molecular flexibility index (Phi) is 5.59. The summed E-state index contributed by atoms with van der Waals surface area (Å²) in [5.74, 6) is -0.874. The van der Waals surface area contributed by atoms with Crippen molar-refractivity contribution in [3.8, 4) is 0 Å². The summed E-state index contributed by atoms with van der Waals surface area (Å²) in [6.07, 6.45) is 0.970. The maximum Gasteiger partial charge on any atom is 0.328 e. The minimum absolute atomic E-state index is 0.185. The largest absolute Gasteiger partial charge is 0.467 e. The summed E-state index contributed by atoms with van der Waals surface area (Å²) in [7, 11) is 1.30. The molecule has 0 unspecified atom stereocenters. The van der Waals surface area contributed by atoms with Crippen molar-refractivity contribution in [3.05, 3.63) is 34.9 Å². The van der Waals surface area contributed by atoms with Gasteiger partial charge in [-0.05, 0) is 18.1 Å². The smallest absolute Gasteiger partial charge is 0.328 e. The zero-order valence-corrected chi connectivity index (χ0v) is 12.6. The van der Waals surface area contributed by atoms with Gasteiger partial charge in [0.05, 0.1) is 19.6 Å². The van der Waals surface area contributed by atoms with Crippen LogP contribution in [0, 0.1) is 5.92 Å². The summed E-state index contributed by atoms with van der Waals surface area (Å²) in [6.45, 7) is 0.970. The van der Waals surface area contributed by atoms with E-state index in [1.54, 1.807) is 6.07 Å². The Morgan fingerprint density at radius 1 is 1.48 bits per heavy atom. The number of ether oxygens (including phenoxy) is 2. The van der Waals surface area contributed by atoms with E-state index in [0.29, 0.717) is 31.1 Å². The van der Waals surface area contributed by atoms with Crippen LogP contribution >= 0.6 is 11.6 Å². The van der Waals surface area contributed by atoms with Gasteiger partial charge in [0.1, 0.15) is 6.04 Å². The highest BCUT2D eigenvalue weighted by atomic mass is 35.5. The van der Waals surface area contributed by atoms with E-state index >= 15 is 0 Å². The van der Waals surface area contributed by atoms with Crippen LogP contribution in [0.1, 0.15) is 12.0 Å². The average molecular weight is 312 g/mol. The molecule has 1 amide bonds. The van der Waals surface area contributed by atoms with E-state index in [1.165, 1.54) is 7.11 Å². The molecule has 0 aromatic heterocycles. The summed E-state index contributed by atoms with van der Waals surface area (Å²) >= 11 is 6.10. The molecule has 0 aliphatic carbocycles.